The van der Waals surface area contributed by atoms with Gasteiger partial charge in [0.05, 0.1) is 18.2 Å². The summed E-state index contributed by atoms with van der Waals surface area (Å²) < 4.78 is 50.7. The summed E-state index contributed by atoms with van der Waals surface area (Å²) in [5.74, 6) is -1.41. The molecule has 9 nitrogen and oxygen atoms in total. The monoisotopic (exact) mass is 479 g/mol. The summed E-state index contributed by atoms with van der Waals surface area (Å²) in [5, 5.41) is 5.17. The molecule has 0 saturated carbocycles. The highest BCUT2D eigenvalue weighted by atomic mass is 32.2. The summed E-state index contributed by atoms with van der Waals surface area (Å²) in [6.45, 7) is 0.458. The van der Waals surface area contributed by atoms with Gasteiger partial charge in [-0.05, 0) is 18.2 Å². The van der Waals surface area contributed by atoms with E-state index in [0.29, 0.717) is 0 Å². The number of ether oxygens (including phenoxy) is 1. The van der Waals surface area contributed by atoms with Crippen molar-refractivity contribution in [3.05, 3.63) is 58.9 Å². The van der Waals surface area contributed by atoms with Crippen LogP contribution in [0.4, 0.5) is 4.39 Å². The maximum Gasteiger partial charge on any atom is 0.338 e. The molecule has 0 atom stereocenters. The van der Waals surface area contributed by atoms with E-state index in [1.807, 2.05) is 0 Å². The Bertz CT molecular complexity index is 1260. The van der Waals surface area contributed by atoms with Gasteiger partial charge in [0, 0.05) is 37.6 Å². The van der Waals surface area contributed by atoms with Crippen molar-refractivity contribution >= 4 is 33.2 Å². The predicted molar refractivity (Wildman–Crippen MR) is 112 cm³/mol. The van der Waals surface area contributed by atoms with E-state index in [2.05, 4.69) is 9.89 Å². The minimum absolute atomic E-state index is 0.0144. The molecule has 0 N–H and O–H groups in total. The van der Waals surface area contributed by atoms with E-state index in [1.165, 1.54) is 46.0 Å². The molecule has 1 aromatic carbocycles. The number of rotatable bonds is 5. The predicted octanol–water partition coefficient (Wildman–Crippen LogP) is 2.48. The van der Waals surface area contributed by atoms with E-state index >= 15 is 0 Å². The Balaban J connectivity index is 1.42. The Kier molecular flexibility index (Phi) is 6.09. The van der Waals surface area contributed by atoms with Gasteiger partial charge in [-0.1, -0.05) is 17.3 Å². The number of thiophene rings is 1. The molecule has 0 spiro atoms. The van der Waals surface area contributed by atoms with Gasteiger partial charge in [-0.25, -0.2) is 17.6 Å². The second kappa shape index (κ2) is 8.81. The average molecular weight is 480 g/mol. The molecule has 1 aliphatic rings. The maximum absolute atomic E-state index is 13.9. The lowest BCUT2D eigenvalue weighted by atomic mass is 10.1. The lowest BCUT2D eigenvalue weighted by Gasteiger charge is -2.33. The fraction of sp³-hybridized carbons (Fsp3) is 0.250. The van der Waals surface area contributed by atoms with Crippen LogP contribution in [-0.2, 0) is 14.8 Å². The summed E-state index contributed by atoms with van der Waals surface area (Å²) in [6.07, 6.45) is 0. The standard InChI is InChI=1S/C20H18FN3O6S2/c1-29-20(26)13-10-18(31-12-13)32(27,28)24-8-6-23(7-9-24)19(25)16-11-17(30-22-16)14-4-2-3-5-15(14)21/h2-5,10-12H,6-9H2,1H3. The highest BCUT2D eigenvalue weighted by Crippen LogP contribution is 2.26. The Labute approximate surface area is 187 Å². The highest BCUT2D eigenvalue weighted by Gasteiger charge is 2.32. The first kappa shape index (κ1) is 22.1. The average Bonchev–Trinajstić information content (AvgIpc) is 3.49. The van der Waals surface area contributed by atoms with Crippen molar-refractivity contribution in [2.75, 3.05) is 33.3 Å². The Morgan fingerprint density at radius 3 is 2.56 bits per heavy atom. The first-order valence-corrected chi connectivity index (χ1v) is 11.8. The fourth-order valence-electron chi connectivity index (χ4n) is 3.26. The Hall–Kier alpha value is -3.09. The number of carbonyl (C=O) groups excluding carboxylic acids is 2. The number of aromatic nitrogens is 1. The molecular weight excluding hydrogens is 461 g/mol. The molecular formula is C20H18FN3O6S2. The molecule has 3 aromatic rings. The summed E-state index contributed by atoms with van der Waals surface area (Å²) in [5.41, 5.74) is 0.374. The van der Waals surface area contributed by atoms with Gasteiger partial charge in [0.1, 0.15) is 10.0 Å². The minimum Gasteiger partial charge on any atom is -0.465 e. The van der Waals surface area contributed by atoms with Crippen LogP contribution >= 0.6 is 11.3 Å². The summed E-state index contributed by atoms with van der Waals surface area (Å²) >= 11 is 0.936. The number of piperazine rings is 1. The van der Waals surface area contributed by atoms with E-state index in [0.717, 1.165) is 11.3 Å². The number of methoxy groups -OCH3 is 1. The number of nitrogens with zero attached hydrogens (tertiary/aromatic N) is 3. The van der Waals surface area contributed by atoms with Crippen molar-refractivity contribution in [1.82, 2.24) is 14.4 Å². The van der Waals surface area contributed by atoms with E-state index < -0.39 is 27.7 Å². The quantitative estimate of drug-likeness (QED) is 0.517. The molecule has 0 bridgehead atoms. The van der Waals surface area contributed by atoms with E-state index in [-0.39, 0.29) is 53.0 Å². The van der Waals surface area contributed by atoms with Gasteiger partial charge in [-0.2, -0.15) is 4.31 Å². The fourth-order valence-corrected chi connectivity index (χ4v) is 5.99. The smallest absolute Gasteiger partial charge is 0.338 e. The lowest BCUT2D eigenvalue weighted by molar-refractivity contribution is 0.0600. The molecule has 1 saturated heterocycles. The topological polar surface area (TPSA) is 110 Å². The van der Waals surface area contributed by atoms with Gasteiger partial charge >= 0.3 is 5.97 Å². The molecule has 168 valence electrons. The van der Waals surface area contributed by atoms with Gasteiger partial charge in [-0.15, -0.1) is 11.3 Å². The van der Waals surface area contributed by atoms with Gasteiger partial charge in [-0.3, -0.25) is 4.79 Å². The van der Waals surface area contributed by atoms with Crippen LogP contribution in [0.1, 0.15) is 20.8 Å². The van der Waals surface area contributed by atoms with Crippen molar-refractivity contribution < 1.29 is 31.7 Å². The van der Waals surface area contributed by atoms with E-state index in [9.17, 15) is 22.4 Å². The number of halogens is 1. The number of carbonyl (C=O) groups is 2. The molecule has 1 aliphatic heterocycles. The zero-order valence-electron chi connectivity index (χ0n) is 16.9. The van der Waals surface area contributed by atoms with Crippen molar-refractivity contribution in [3.8, 4) is 11.3 Å². The second-order valence-corrected chi connectivity index (χ2v) is 9.97. The molecule has 1 amide bonds. The van der Waals surface area contributed by atoms with Crippen molar-refractivity contribution in [3.63, 3.8) is 0 Å². The van der Waals surface area contributed by atoms with E-state index in [1.54, 1.807) is 12.1 Å². The largest absolute Gasteiger partial charge is 0.465 e. The third-order valence-electron chi connectivity index (χ3n) is 4.99. The molecule has 3 heterocycles. The van der Waals surface area contributed by atoms with Crippen LogP contribution in [-0.4, -0.2) is 67.9 Å². The number of esters is 1. The number of hydrogen-bond acceptors (Lipinski definition) is 8. The number of benzene rings is 1. The Morgan fingerprint density at radius 1 is 1.16 bits per heavy atom. The third-order valence-corrected chi connectivity index (χ3v) is 8.30. The van der Waals surface area contributed by atoms with Crippen LogP contribution in [0.5, 0.6) is 0 Å². The Morgan fingerprint density at radius 2 is 1.88 bits per heavy atom. The third kappa shape index (κ3) is 4.16. The van der Waals surface area contributed by atoms with Crippen LogP contribution in [0.2, 0.25) is 0 Å². The number of sulfonamides is 1. The van der Waals surface area contributed by atoms with Crippen molar-refractivity contribution in [2.24, 2.45) is 0 Å². The summed E-state index contributed by atoms with van der Waals surface area (Å²) in [4.78, 5) is 25.8. The molecule has 4 rings (SSSR count). The van der Waals surface area contributed by atoms with Crippen molar-refractivity contribution in [1.29, 1.82) is 0 Å². The minimum atomic E-state index is -3.80. The number of amides is 1. The summed E-state index contributed by atoms with van der Waals surface area (Å²) in [7, 11) is -2.58. The van der Waals surface area contributed by atoms with Crippen LogP contribution in [0.15, 0.2) is 50.5 Å². The lowest BCUT2D eigenvalue weighted by Crippen LogP contribution is -2.50. The SMILES string of the molecule is COC(=O)c1csc(S(=O)(=O)N2CCN(C(=O)c3cc(-c4ccccc4F)on3)CC2)c1. The van der Waals surface area contributed by atoms with Crippen LogP contribution < -0.4 is 0 Å². The van der Waals surface area contributed by atoms with Gasteiger partial charge < -0.3 is 14.2 Å². The summed E-state index contributed by atoms with van der Waals surface area (Å²) in [6, 6.07) is 8.63. The molecule has 1 fully saturated rings. The molecule has 0 aliphatic carbocycles. The van der Waals surface area contributed by atoms with E-state index in [4.69, 9.17) is 4.52 Å². The highest BCUT2D eigenvalue weighted by molar-refractivity contribution is 7.91. The molecule has 12 heteroatoms. The zero-order chi connectivity index (χ0) is 22.9. The van der Waals surface area contributed by atoms with Gasteiger partial charge in [0.2, 0.25) is 0 Å². The normalized spacial score (nSPS) is 15.0. The van der Waals surface area contributed by atoms with Crippen LogP contribution in [0.25, 0.3) is 11.3 Å². The van der Waals surface area contributed by atoms with Gasteiger partial charge in [0.25, 0.3) is 15.9 Å². The first-order chi connectivity index (χ1) is 15.3. The van der Waals surface area contributed by atoms with Crippen LogP contribution in [0, 0.1) is 5.82 Å². The van der Waals surface area contributed by atoms with Crippen molar-refractivity contribution in [2.45, 2.75) is 4.21 Å². The van der Waals surface area contributed by atoms with Crippen LogP contribution in [0.3, 0.4) is 0 Å². The zero-order valence-corrected chi connectivity index (χ0v) is 18.5. The maximum atomic E-state index is 13.9. The first-order valence-electron chi connectivity index (χ1n) is 9.49. The molecule has 0 unspecified atom stereocenters. The second-order valence-electron chi connectivity index (χ2n) is 6.90. The van der Waals surface area contributed by atoms with Gasteiger partial charge in [0.15, 0.2) is 11.5 Å². The number of hydrogen-bond donors (Lipinski definition) is 0. The molecule has 2 aromatic heterocycles. The molecule has 0 radical (unpaired) electrons. The molecule has 32 heavy (non-hydrogen) atoms.